The second kappa shape index (κ2) is 6.01. The molecule has 2 nitrogen and oxygen atoms in total. The summed E-state index contributed by atoms with van der Waals surface area (Å²) in [6.45, 7) is 4.16. The average Bonchev–Trinajstić information content (AvgIpc) is 2.29. The lowest BCUT2D eigenvalue weighted by Gasteiger charge is -2.13. The van der Waals surface area contributed by atoms with Crippen LogP contribution in [0.3, 0.4) is 0 Å². The highest BCUT2D eigenvalue weighted by molar-refractivity contribution is 7.90. The first-order chi connectivity index (χ1) is 7.99. The van der Waals surface area contributed by atoms with Gasteiger partial charge in [-0.05, 0) is 43.4 Å². The van der Waals surface area contributed by atoms with E-state index in [4.69, 9.17) is 0 Å². The van der Waals surface area contributed by atoms with Gasteiger partial charge in [-0.2, -0.15) is 0 Å². The van der Waals surface area contributed by atoms with Crippen molar-refractivity contribution >= 4 is 9.84 Å². The van der Waals surface area contributed by atoms with Crippen molar-refractivity contribution in [1.29, 1.82) is 0 Å². The Morgan fingerprint density at radius 2 is 1.82 bits per heavy atom. The SMILES string of the molecule is C/C=C\CC(CC)c1ccc(S(C)(=O)=O)cc1. The van der Waals surface area contributed by atoms with Crippen molar-refractivity contribution < 1.29 is 8.42 Å². The molecule has 1 aromatic carbocycles. The van der Waals surface area contributed by atoms with Gasteiger partial charge in [0.25, 0.3) is 0 Å². The number of rotatable bonds is 5. The van der Waals surface area contributed by atoms with Crippen LogP contribution in [0.5, 0.6) is 0 Å². The van der Waals surface area contributed by atoms with Gasteiger partial charge in [-0.15, -0.1) is 0 Å². The van der Waals surface area contributed by atoms with Gasteiger partial charge in [0.2, 0.25) is 0 Å². The fourth-order valence-electron chi connectivity index (χ4n) is 1.83. The summed E-state index contributed by atoms with van der Waals surface area (Å²) in [5.41, 5.74) is 1.21. The van der Waals surface area contributed by atoms with E-state index >= 15 is 0 Å². The van der Waals surface area contributed by atoms with Crippen molar-refractivity contribution in [2.24, 2.45) is 0 Å². The Hall–Kier alpha value is -1.09. The van der Waals surface area contributed by atoms with Gasteiger partial charge in [0.15, 0.2) is 9.84 Å². The van der Waals surface area contributed by atoms with Gasteiger partial charge in [0, 0.05) is 6.26 Å². The first-order valence-electron chi connectivity index (χ1n) is 5.90. The minimum atomic E-state index is -3.08. The van der Waals surface area contributed by atoms with Gasteiger partial charge < -0.3 is 0 Å². The lowest BCUT2D eigenvalue weighted by Crippen LogP contribution is -1.99. The molecule has 0 aliphatic carbocycles. The second-order valence-corrected chi connectivity index (χ2v) is 6.27. The van der Waals surface area contributed by atoms with Crippen molar-refractivity contribution in [1.82, 2.24) is 0 Å². The molecule has 0 spiro atoms. The van der Waals surface area contributed by atoms with E-state index in [0.29, 0.717) is 10.8 Å². The van der Waals surface area contributed by atoms with E-state index in [1.54, 1.807) is 12.1 Å². The maximum absolute atomic E-state index is 11.3. The van der Waals surface area contributed by atoms with Crippen LogP contribution >= 0.6 is 0 Å². The third-order valence-corrected chi connectivity index (χ3v) is 4.06. The summed E-state index contributed by atoms with van der Waals surface area (Å²) in [5.74, 6) is 0.472. The van der Waals surface area contributed by atoms with E-state index in [-0.39, 0.29) is 0 Å². The summed E-state index contributed by atoms with van der Waals surface area (Å²) in [7, 11) is -3.08. The first kappa shape index (κ1) is 14.0. The lowest BCUT2D eigenvalue weighted by molar-refractivity contribution is 0.601. The zero-order valence-corrected chi connectivity index (χ0v) is 11.5. The molecule has 0 radical (unpaired) electrons. The molecule has 1 aromatic rings. The monoisotopic (exact) mass is 252 g/mol. The Balaban J connectivity index is 2.92. The summed E-state index contributed by atoms with van der Waals surface area (Å²) in [5, 5.41) is 0. The van der Waals surface area contributed by atoms with Gasteiger partial charge >= 0.3 is 0 Å². The van der Waals surface area contributed by atoms with Crippen LogP contribution in [0.25, 0.3) is 0 Å². The summed E-state index contributed by atoms with van der Waals surface area (Å²) < 4.78 is 22.7. The molecule has 0 fully saturated rings. The predicted octanol–water partition coefficient (Wildman–Crippen LogP) is 3.55. The number of hydrogen-bond donors (Lipinski definition) is 0. The maximum atomic E-state index is 11.3. The molecular weight excluding hydrogens is 232 g/mol. The number of sulfone groups is 1. The van der Waals surface area contributed by atoms with Crippen LogP contribution in [0.1, 0.15) is 38.2 Å². The molecule has 0 N–H and O–H groups in total. The number of benzene rings is 1. The quantitative estimate of drug-likeness (QED) is 0.751. The van der Waals surface area contributed by atoms with Gasteiger partial charge in [-0.25, -0.2) is 8.42 Å². The topological polar surface area (TPSA) is 34.1 Å². The van der Waals surface area contributed by atoms with Gasteiger partial charge in [-0.1, -0.05) is 31.2 Å². The molecular formula is C14H20O2S. The number of allylic oxidation sites excluding steroid dienone is 2. The van der Waals surface area contributed by atoms with Gasteiger partial charge in [-0.3, -0.25) is 0 Å². The molecule has 1 rings (SSSR count). The van der Waals surface area contributed by atoms with Crippen LogP contribution in [-0.4, -0.2) is 14.7 Å². The van der Waals surface area contributed by atoms with E-state index in [0.717, 1.165) is 12.8 Å². The molecule has 0 bridgehead atoms. The Kier molecular flexibility index (Phi) is 4.94. The highest BCUT2D eigenvalue weighted by Crippen LogP contribution is 2.24. The molecule has 1 unspecified atom stereocenters. The minimum absolute atomic E-state index is 0.391. The van der Waals surface area contributed by atoms with Crippen molar-refractivity contribution in [3.8, 4) is 0 Å². The molecule has 1 atom stereocenters. The lowest BCUT2D eigenvalue weighted by atomic mass is 9.93. The van der Waals surface area contributed by atoms with Crippen LogP contribution in [0.4, 0.5) is 0 Å². The fourth-order valence-corrected chi connectivity index (χ4v) is 2.46. The molecule has 17 heavy (non-hydrogen) atoms. The Labute approximate surface area is 104 Å². The Bertz CT molecular complexity index is 469. The molecule has 0 heterocycles. The average molecular weight is 252 g/mol. The maximum Gasteiger partial charge on any atom is 0.175 e. The molecule has 94 valence electrons. The zero-order chi connectivity index (χ0) is 12.9. The normalized spacial score (nSPS) is 14.1. The van der Waals surface area contributed by atoms with Crippen LogP contribution in [-0.2, 0) is 9.84 Å². The van der Waals surface area contributed by atoms with Crippen molar-refractivity contribution in [3.63, 3.8) is 0 Å². The molecule has 0 aromatic heterocycles. The summed E-state index contributed by atoms with van der Waals surface area (Å²) >= 11 is 0. The van der Waals surface area contributed by atoms with E-state index in [9.17, 15) is 8.42 Å². The Morgan fingerprint density at radius 1 is 1.24 bits per heavy atom. The highest BCUT2D eigenvalue weighted by Gasteiger charge is 2.10. The summed E-state index contributed by atoms with van der Waals surface area (Å²) in [6.07, 6.45) is 7.50. The second-order valence-electron chi connectivity index (χ2n) is 4.25. The van der Waals surface area contributed by atoms with E-state index in [1.807, 2.05) is 25.1 Å². The van der Waals surface area contributed by atoms with Crippen LogP contribution < -0.4 is 0 Å². The molecule has 0 saturated heterocycles. The largest absolute Gasteiger partial charge is 0.224 e. The summed E-state index contributed by atoms with van der Waals surface area (Å²) in [4.78, 5) is 0.391. The van der Waals surface area contributed by atoms with E-state index < -0.39 is 9.84 Å². The van der Waals surface area contributed by atoms with Crippen LogP contribution in [0.2, 0.25) is 0 Å². The van der Waals surface area contributed by atoms with Gasteiger partial charge in [0.1, 0.15) is 0 Å². The smallest absolute Gasteiger partial charge is 0.175 e. The molecule has 0 aliphatic heterocycles. The van der Waals surface area contributed by atoms with Crippen molar-refractivity contribution in [2.45, 2.75) is 37.5 Å². The third-order valence-electron chi connectivity index (χ3n) is 2.93. The molecule has 3 heteroatoms. The first-order valence-corrected chi connectivity index (χ1v) is 7.79. The third kappa shape index (κ3) is 4.00. The van der Waals surface area contributed by atoms with E-state index in [1.165, 1.54) is 11.8 Å². The zero-order valence-electron chi connectivity index (χ0n) is 10.7. The summed E-state index contributed by atoms with van der Waals surface area (Å²) in [6, 6.07) is 7.24. The number of hydrogen-bond acceptors (Lipinski definition) is 2. The molecule has 0 aliphatic rings. The minimum Gasteiger partial charge on any atom is -0.224 e. The highest BCUT2D eigenvalue weighted by atomic mass is 32.2. The standard InChI is InChI=1S/C14H20O2S/c1-4-6-7-12(5-2)13-8-10-14(11-9-13)17(3,15)16/h4,6,8-12H,5,7H2,1-3H3/b6-4-. The molecule has 0 amide bonds. The fraction of sp³-hybridized carbons (Fsp3) is 0.429. The predicted molar refractivity (Wildman–Crippen MR) is 72.0 cm³/mol. The Morgan fingerprint density at radius 3 is 2.24 bits per heavy atom. The van der Waals surface area contributed by atoms with Crippen molar-refractivity contribution in [2.75, 3.05) is 6.26 Å². The van der Waals surface area contributed by atoms with Gasteiger partial charge in [0.05, 0.1) is 4.90 Å². The van der Waals surface area contributed by atoms with E-state index in [2.05, 4.69) is 13.0 Å². The van der Waals surface area contributed by atoms with Crippen molar-refractivity contribution in [3.05, 3.63) is 42.0 Å². The van der Waals surface area contributed by atoms with Crippen LogP contribution in [0, 0.1) is 0 Å². The molecule has 0 saturated carbocycles. The van der Waals surface area contributed by atoms with Crippen LogP contribution in [0.15, 0.2) is 41.3 Å².